The van der Waals surface area contributed by atoms with E-state index in [1.165, 1.54) is 17.9 Å². The van der Waals surface area contributed by atoms with Gasteiger partial charge in [0.15, 0.2) is 5.82 Å². The van der Waals surface area contributed by atoms with E-state index in [0.29, 0.717) is 11.5 Å². The van der Waals surface area contributed by atoms with E-state index in [-0.39, 0.29) is 5.91 Å². The zero-order valence-corrected chi connectivity index (χ0v) is 8.08. The molecule has 15 heavy (non-hydrogen) atoms. The largest absolute Gasteiger partial charge is 0.325 e. The number of hydrogen-bond acceptors (Lipinski definition) is 4. The molecule has 2 rings (SSSR count). The van der Waals surface area contributed by atoms with Gasteiger partial charge < -0.3 is 5.32 Å². The molecule has 6 heteroatoms. The monoisotopic (exact) mass is 203 g/mol. The fraction of sp³-hybridized carbons (Fsp3) is 0.111. The van der Waals surface area contributed by atoms with E-state index in [2.05, 4.69) is 20.4 Å². The highest BCUT2D eigenvalue weighted by atomic mass is 16.1. The number of aromatic nitrogens is 4. The molecule has 6 nitrogen and oxygen atoms in total. The molecule has 0 aliphatic carbocycles. The topological polar surface area (TPSA) is 72.7 Å². The molecule has 1 N–H and O–H groups in total. The second-order valence-electron chi connectivity index (χ2n) is 2.93. The molecular formula is C9H9N5O. The van der Waals surface area contributed by atoms with Crippen molar-refractivity contribution >= 4 is 11.6 Å². The van der Waals surface area contributed by atoms with Crippen LogP contribution in [0.1, 0.15) is 6.92 Å². The van der Waals surface area contributed by atoms with Crippen molar-refractivity contribution in [3.8, 4) is 5.82 Å². The van der Waals surface area contributed by atoms with Crippen LogP contribution in [0.3, 0.4) is 0 Å². The summed E-state index contributed by atoms with van der Waals surface area (Å²) in [6.07, 6.45) is 4.56. The lowest BCUT2D eigenvalue weighted by molar-refractivity contribution is -0.114. The van der Waals surface area contributed by atoms with E-state index in [1.807, 2.05) is 0 Å². The van der Waals surface area contributed by atoms with Crippen molar-refractivity contribution in [2.45, 2.75) is 6.92 Å². The van der Waals surface area contributed by atoms with Gasteiger partial charge in [0.25, 0.3) is 0 Å². The molecule has 0 bridgehead atoms. The van der Waals surface area contributed by atoms with Gasteiger partial charge in [-0.2, -0.15) is 5.10 Å². The zero-order valence-electron chi connectivity index (χ0n) is 8.08. The van der Waals surface area contributed by atoms with E-state index in [9.17, 15) is 4.79 Å². The average Bonchev–Trinajstić information content (AvgIpc) is 2.71. The third kappa shape index (κ3) is 2.16. The number of anilines is 1. The van der Waals surface area contributed by atoms with Gasteiger partial charge in [-0.15, -0.1) is 0 Å². The van der Waals surface area contributed by atoms with Gasteiger partial charge in [0.1, 0.15) is 12.7 Å². The number of carbonyl (C=O) groups is 1. The quantitative estimate of drug-likeness (QED) is 0.776. The Hall–Kier alpha value is -2.24. The second kappa shape index (κ2) is 3.87. The Balaban J connectivity index is 2.21. The van der Waals surface area contributed by atoms with Crippen LogP contribution in [-0.2, 0) is 4.79 Å². The van der Waals surface area contributed by atoms with E-state index in [1.54, 1.807) is 24.7 Å². The summed E-state index contributed by atoms with van der Waals surface area (Å²) >= 11 is 0. The van der Waals surface area contributed by atoms with Crippen molar-refractivity contribution in [2.75, 3.05) is 5.32 Å². The van der Waals surface area contributed by atoms with Crippen molar-refractivity contribution < 1.29 is 4.79 Å². The summed E-state index contributed by atoms with van der Waals surface area (Å²) in [6.45, 7) is 1.45. The number of rotatable bonds is 2. The summed E-state index contributed by atoms with van der Waals surface area (Å²) in [6, 6.07) is 3.51. The SMILES string of the molecule is CC(=O)Nc1ccc(-n2cncn2)nc1. The molecule has 0 aliphatic heterocycles. The normalized spacial score (nSPS) is 9.93. The Morgan fingerprint density at radius 1 is 1.47 bits per heavy atom. The molecule has 2 heterocycles. The fourth-order valence-electron chi connectivity index (χ4n) is 1.13. The maximum absolute atomic E-state index is 10.8. The predicted octanol–water partition coefficient (Wildman–Crippen LogP) is 0.621. The van der Waals surface area contributed by atoms with Crippen LogP contribution < -0.4 is 5.32 Å². The second-order valence-corrected chi connectivity index (χ2v) is 2.93. The summed E-state index contributed by atoms with van der Waals surface area (Å²) < 4.78 is 1.54. The van der Waals surface area contributed by atoms with Gasteiger partial charge in [-0.3, -0.25) is 4.79 Å². The Kier molecular flexibility index (Phi) is 2.40. The highest BCUT2D eigenvalue weighted by Crippen LogP contribution is 2.07. The van der Waals surface area contributed by atoms with E-state index in [0.717, 1.165) is 0 Å². The Bertz CT molecular complexity index is 448. The first-order valence-electron chi connectivity index (χ1n) is 4.34. The van der Waals surface area contributed by atoms with Crippen molar-refractivity contribution in [3.05, 3.63) is 31.0 Å². The maximum Gasteiger partial charge on any atom is 0.221 e. The van der Waals surface area contributed by atoms with Crippen LogP contribution in [0, 0.1) is 0 Å². The van der Waals surface area contributed by atoms with Crippen LogP contribution in [-0.4, -0.2) is 25.7 Å². The van der Waals surface area contributed by atoms with Crippen molar-refractivity contribution in [1.29, 1.82) is 0 Å². The van der Waals surface area contributed by atoms with E-state index in [4.69, 9.17) is 0 Å². The molecule has 1 amide bonds. The van der Waals surface area contributed by atoms with Crippen LogP contribution in [0.25, 0.3) is 5.82 Å². The summed E-state index contributed by atoms with van der Waals surface area (Å²) in [7, 11) is 0. The lowest BCUT2D eigenvalue weighted by Gasteiger charge is -2.02. The van der Waals surface area contributed by atoms with Crippen LogP contribution >= 0.6 is 0 Å². The van der Waals surface area contributed by atoms with Crippen LogP contribution in [0.4, 0.5) is 5.69 Å². The molecule has 0 radical (unpaired) electrons. The number of pyridine rings is 1. The summed E-state index contributed by atoms with van der Waals surface area (Å²) in [5, 5.41) is 6.56. The summed E-state index contributed by atoms with van der Waals surface area (Å²) in [4.78, 5) is 18.7. The number of amides is 1. The fourth-order valence-corrected chi connectivity index (χ4v) is 1.13. The smallest absolute Gasteiger partial charge is 0.221 e. The van der Waals surface area contributed by atoms with Crippen LogP contribution in [0.15, 0.2) is 31.0 Å². The number of nitrogens with zero attached hydrogens (tertiary/aromatic N) is 4. The van der Waals surface area contributed by atoms with Crippen molar-refractivity contribution in [3.63, 3.8) is 0 Å². The highest BCUT2D eigenvalue weighted by molar-refractivity contribution is 5.88. The highest BCUT2D eigenvalue weighted by Gasteiger charge is 1.99. The summed E-state index contributed by atoms with van der Waals surface area (Å²) in [5.74, 6) is 0.534. The van der Waals surface area contributed by atoms with Crippen LogP contribution in [0.5, 0.6) is 0 Å². The number of carbonyl (C=O) groups excluding carboxylic acids is 1. The summed E-state index contributed by atoms with van der Waals surface area (Å²) in [5.41, 5.74) is 0.659. The number of nitrogens with one attached hydrogen (secondary N) is 1. The van der Waals surface area contributed by atoms with Gasteiger partial charge in [-0.25, -0.2) is 14.6 Å². The molecule has 2 aromatic heterocycles. The molecule has 0 saturated carbocycles. The molecule has 76 valence electrons. The van der Waals surface area contributed by atoms with Gasteiger partial charge in [0.05, 0.1) is 11.9 Å². The molecule has 0 aliphatic rings. The van der Waals surface area contributed by atoms with Gasteiger partial charge in [-0.1, -0.05) is 0 Å². The average molecular weight is 203 g/mol. The van der Waals surface area contributed by atoms with Gasteiger partial charge in [0, 0.05) is 6.92 Å². The van der Waals surface area contributed by atoms with Gasteiger partial charge >= 0.3 is 0 Å². The maximum atomic E-state index is 10.8. The van der Waals surface area contributed by atoms with Crippen LogP contribution in [0.2, 0.25) is 0 Å². The van der Waals surface area contributed by atoms with Gasteiger partial charge in [0.2, 0.25) is 5.91 Å². The van der Waals surface area contributed by atoms with E-state index >= 15 is 0 Å². The molecular weight excluding hydrogens is 194 g/mol. The lowest BCUT2D eigenvalue weighted by Crippen LogP contribution is -2.06. The molecule has 0 unspecified atom stereocenters. The Labute approximate surface area is 86.0 Å². The van der Waals surface area contributed by atoms with E-state index < -0.39 is 0 Å². The zero-order chi connectivity index (χ0) is 10.7. The first-order valence-corrected chi connectivity index (χ1v) is 4.34. The lowest BCUT2D eigenvalue weighted by atomic mass is 10.4. The van der Waals surface area contributed by atoms with Gasteiger partial charge in [-0.05, 0) is 12.1 Å². The standard InChI is InChI=1S/C9H9N5O/c1-7(15)13-8-2-3-9(11-4-8)14-6-10-5-12-14/h2-6H,1H3,(H,13,15). The molecule has 0 saturated heterocycles. The minimum Gasteiger partial charge on any atom is -0.325 e. The molecule has 0 spiro atoms. The predicted molar refractivity (Wildman–Crippen MR) is 53.5 cm³/mol. The molecule has 2 aromatic rings. The van der Waals surface area contributed by atoms with Crippen molar-refractivity contribution in [1.82, 2.24) is 19.7 Å². The first-order chi connectivity index (χ1) is 7.25. The minimum atomic E-state index is -0.120. The molecule has 0 fully saturated rings. The first kappa shape index (κ1) is 9.32. The third-order valence-corrected chi connectivity index (χ3v) is 1.72. The number of hydrogen-bond donors (Lipinski definition) is 1. The third-order valence-electron chi connectivity index (χ3n) is 1.72. The van der Waals surface area contributed by atoms with Crippen molar-refractivity contribution in [2.24, 2.45) is 0 Å². The minimum absolute atomic E-state index is 0.120. The molecule has 0 aromatic carbocycles. The Morgan fingerprint density at radius 2 is 2.33 bits per heavy atom. The Morgan fingerprint density at radius 3 is 2.87 bits per heavy atom. The molecule has 0 atom stereocenters.